The maximum absolute atomic E-state index is 3.57. The summed E-state index contributed by atoms with van der Waals surface area (Å²) in [6.45, 7) is 5.00. The highest BCUT2D eigenvalue weighted by Gasteiger charge is 2.19. The summed E-state index contributed by atoms with van der Waals surface area (Å²) < 4.78 is 0. The molecule has 1 unspecified atom stereocenters. The van der Waals surface area contributed by atoms with Crippen molar-refractivity contribution in [1.82, 2.24) is 10.6 Å². The average Bonchev–Trinajstić information content (AvgIpc) is 2.92. The van der Waals surface area contributed by atoms with Gasteiger partial charge in [-0.3, -0.25) is 0 Å². The van der Waals surface area contributed by atoms with Crippen LogP contribution in [0.1, 0.15) is 44.9 Å². The van der Waals surface area contributed by atoms with Crippen LogP contribution in [0.15, 0.2) is 0 Å². The van der Waals surface area contributed by atoms with E-state index in [1.54, 1.807) is 0 Å². The Kier molecular flexibility index (Phi) is 4.94. The van der Waals surface area contributed by atoms with E-state index in [4.69, 9.17) is 0 Å². The van der Waals surface area contributed by atoms with Crippen LogP contribution in [0.4, 0.5) is 0 Å². The molecule has 0 aromatic carbocycles. The molecule has 1 atom stereocenters. The first kappa shape index (κ1) is 11.4. The largest absolute Gasteiger partial charge is 0.317 e. The summed E-state index contributed by atoms with van der Waals surface area (Å²) in [6, 6.07) is 0. The van der Waals surface area contributed by atoms with Gasteiger partial charge in [-0.1, -0.05) is 12.8 Å². The van der Waals surface area contributed by atoms with E-state index < -0.39 is 0 Å². The van der Waals surface area contributed by atoms with Crippen LogP contribution >= 0.6 is 0 Å². The van der Waals surface area contributed by atoms with Crippen molar-refractivity contribution >= 4 is 0 Å². The fraction of sp³-hybridized carbons (Fsp3) is 1.00. The van der Waals surface area contributed by atoms with E-state index in [1.165, 1.54) is 71.1 Å². The van der Waals surface area contributed by atoms with Crippen molar-refractivity contribution in [2.45, 2.75) is 44.9 Å². The molecule has 88 valence electrons. The molecule has 2 aliphatic rings. The van der Waals surface area contributed by atoms with E-state index in [2.05, 4.69) is 10.6 Å². The maximum atomic E-state index is 3.57. The number of rotatable bonds is 8. The minimum absolute atomic E-state index is 0.971. The lowest BCUT2D eigenvalue weighted by Crippen LogP contribution is -2.18. The average molecular weight is 210 g/mol. The van der Waals surface area contributed by atoms with Gasteiger partial charge >= 0.3 is 0 Å². The zero-order chi connectivity index (χ0) is 10.3. The van der Waals surface area contributed by atoms with Gasteiger partial charge in [-0.2, -0.15) is 0 Å². The summed E-state index contributed by atoms with van der Waals surface area (Å²) in [5.74, 6) is 2.08. The first-order valence-corrected chi connectivity index (χ1v) is 6.86. The highest BCUT2D eigenvalue weighted by Crippen LogP contribution is 2.33. The Morgan fingerprint density at radius 1 is 0.933 bits per heavy atom. The van der Waals surface area contributed by atoms with Gasteiger partial charge in [0.25, 0.3) is 0 Å². The van der Waals surface area contributed by atoms with Crippen LogP contribution in [-0.2, 0) is 0 Å². The Bertz CT molecular complexity index is 160. The standard InChI is InChI=1S/C13H26N2/c1(3-12-5-6-12)8-14-9-2-4-13-7-10-15-11-13/h12-15H,1-11H2. The number of nitrogens with one attached hydrogen (secondary N) is 2. The molecule has 2 nitrogen and oxygen atoms in total. The van der Waals surface area contributed by atoms with E-state index in [-0.39, 0.29) is 0 Å². The summed E-state index contributed by atoms with van der Waals surface area (Å²) >= 11 is 0. The molecule has 2 fully saturated rings. The second-order valence-corrected chi connectivity index (χ2v) is 5.34. The van der Waals surface area contributed by atoms with E-state index >= 15 is 0 Å². The molecule has 1 aliphatic carbocycles. The predicted octanol–water partition coefficient (Wildman–Crippen LogP) is 2.16. The third-order valence-corrected chi connectivity index (χ3v) is 3.79. The van der Waals surface area contributed by atoms with Crippen molar-refractivity contribution in [1.29, 1.82) is 0 Å². The van der Waals surface area contributed by atoms with Gasteiger partial charge < -0.3 is 10.6 Å². The topological polar surface area (TPSA) is 24.1 Å². The number of hydrogen-bond acceptors (Lipinski definition) is 2. The molecule has 2 heteroatoms. The molecular weight excluding hydrogens is 184 g/mol. The summed E-state index contributed by atoms with van der Waals surface area (Å²) in [7, 11) is 0. The minimum Gasteiger partial charge on any atom is -0.317 e. The Morgan fingerprint density at radius 3 is 2.27 bits per heavy atom. The lowest BCUT2D eigenvalue weighted by atomic mass is 10.0. The molecule has 0 aromatic rings. The monoisotopic (exact) mass is 210 g/mol. The van der Waals surface area contributed by atoms with Crippen LogP contribution in [-0.4, -0.2) is 26.2 Å². The highest BCUT2D eigenvalue weighted by atomic mass is 14.9. The van der Waals surface area contributed by atoms with Crippen LogP contribution < -0.4 is 10.6 Å². The fourth-order valence-electron chi connectivity index (χ4n) is 2.52. The molecule has 1 aliphatic heterocycles. The van der Waals surface area contributed by atoms with Crippen molar-refractivity contribution < 1.29 is 0 Å². The summed E-state index contributed by atoms with van der Waals surface area (Å²) in [5.41, 5.74) is 0. The fourth-order valence-corrected chi connectivity index (χ4v) is 2.52. The van der Waals surface area contributed by atoms with Crippen molar-refractivity contribution in [2.24, 2.45) is 11.8 Å². The molecule has 2 rings (SSSR count). The van der Waals surface area contributed by atoms with Crippen LogP contribution in [0.25, 0.3) is 0 Å². The van der Waals surface area contributed by atoms with Crippen LogP contribution in [0.2, 0.25) is 0 Å². The van der Waals surface area contributed by atoms with E-state index in [1.807, 2.05) is 0 Å². The predicted molar refractivity (Wildman–Crippen MR) is 65.0 cm³/mol. The van der Waals surface area contributed by atoms with Gasteiger partial charge in [-0.25, -0.2) is 0 Å². The molecule has 2 N–H and O–H groups in total. The van der Waals surface area contributed by atoms with E-state index in [9.17, 15) is 0 Å². The lowest BCUT2D eigenvalue weighted by Gasteiger charge is -2.08. The Labute approximate surface area is 94.2 Å². The third kappa shape index (κ3) is 4.98. The molecule has 1 saturated heterocycles. The molecule has 15 heavy (non-hydrogen) atoms. The Balaban J connectivity index is 1.32. The SMILES string of the molecule is C(CNCCCC1CCNC1)CC1CC1. The molecule has 1 heterocycles. The molecular formula is C13H26N2. The Morgan fingerprint density at radius 2 is 1.67 bits per heavy atom. The third-order valence-electron chi connectivity index (χ3n) is 3.79. The van der Waals surface area contributed by atoms with Crippen molar-refractivity contribution in [3.05, 3.63) is 0 Å². The van der Waals surface area contributed by atoms with Gasteiger partial charge in [0, 0.05) is 0 Å². The van der Waals surface area contributed by atoms with Crippen molar-refractivity contribution in [2.75, 3.05) is 26.2 Å². The van der Waals surface area contributed by atoms with Gasteiger partial charge in [0.15, 0.2) is 0 Å². The molecule has 0 spiro atoms. The lowest BCUT2D eigenvalue weighted by molar-refractivity contribution is 0.487. The minimum atomic E-state index is 0.971. The maximum Gasteiger partial charge on any atom is -0.00200 e. The zero-order valence-electron chi connectivity index (χ0n) is 9.93. The van der Waals surface area contributed by atoms with Gasteiger partial charge in [0.2, 0.25) is 0 Å². The van der Waals surface area contributed by atoms with Gasteiger partial charge in [0.1, 0.15) is 0 Å². The quantitative estimate of drug-likeness (QED) is 0.600. The van der Waals surface area contributed by atoms with Gasteiger partial charge in [-0.15, -0.1) is 0 Å². The van der Waals surface area contributed by atoms with Crippen LogP contribution in [0.3, 0.4) is 0 Å². The second kappa shape index (κ2) is 6.49. The normalized spacial score (nSPS) is 26.0. The summed E-state index contributed by atoms with van der Waals surface area (Å²) in [5, 5.41) is 7.00. The molecule has 0 radical (unpaired) electrons. The first-order chi connectivity index (χ1) is 7.45. The van der Waals surface area contributed by atoms with Crippen molar-refractivity contribution in [3.8, 4) is 0 Å². The van der Waals surface area contributed by atoms with Crippen LogP contribution in [0, 0.1) is 11.8 Å². The summed E-state index contributed by atoms with van der Waals surface area (Å²) in [4.78, 5) is 0. The first-order valence-electron chi connectivity index (χ1n) is 6.86. The summed E-state index contributed by atoms with van der Waals surface area (Å²) in [6.07, 6.45) is 10.1. The van der Waals surface area contributed by atoms with Gasteiger partial charge in [-0.05, 0) is 70.1 Å². The van der Waals surface area contributed by atoms with E-state index in [0.29, 0.717) is 0 Å². The number of hydrogen-bond donors (Lipinski definition) is 2. The smallest absolute Gasteiger partial charge is 0.00200 e. The zero-order valence-corrected chi connectivity index (χ0v) is 9.93. The van der Waals surface area contributed by atoms with Crippen LogP contribution in [0.5, 0.6) is 0 Å². The van der Waals surface area contributed by atoms with E-state index in [0.717, 1.165) is 11.8 Å². The second-order valence-electron chi connectivity index (χ2n) is 5.34. The molecule has 0 amide bonds. The van der Waals surface area contributed by atoms with Crippen molar-refractivity contribution in [3.63, 3.8) is 0 Å². The molecule has 1 saturated carbocycles. The molecule has 0 aromatic heterocycles. The van der Waals surface area contributed by atoms with Gasteiger partial charge in [0.05, 0.1) is 0 Å². The highest BCUT2D eigenvalue weighted by molar-refractivity contribution is 4.73. The molecule has 0 bridgehead atoms. The Hall–Kier alpha value is -0.0800.